The highest BCUT2D eigenvalue weighted by Gasteiger charge is 2.04. The van der Waals surface area contributed by atoms with E-state index in [1.54, 1.807) is 0 Å². The third-order valence-electron chi connectivity index (χ3n) is 0.971. The van der Waals surface area contributed by atoms with Crippen molar-refractivity contribution in [2.45, 2.75) is 5.16 Å². The number of thioether (sulfide) groups is 1. The van der Waals surface area contributed by atoms with Gasteiger partial charge < -0.3 is 4.84 Å². The van der Waals surface area contributed by atoms with Gasteiger partial charge in [0.1, 0.15) is 7.11 Å². The highest BCUT2D eigenvalue weighted by atomic mass is 32.2. The largest absolute Gasteiger partial charge is 0.410 e. The maximum Gasteiger partial charge on any atom is 0.377 e. The Kier molecular flexibility index (Phi) is 2.00. The Bertz CT molecular complexity index is 266. The zero-order valence-electron chi connectivity index (χ0n) is 5.62. The molecule has 1 aromatic heterocycles. The third kappa shape index (κ3) is 1.02. The van der Waals surface area contributed by atoms with Crippen LogP contribution >= 0.6 is 11.8 Å². The first kappa shape index (κ1) is 7.20. The van der Waals surface area contributed by atoms with Crippen LogP contribution in [0.25, 0.3) is 0 Å². The van der Waals surface area contributed by atoms with E-state index < -0.39 is 0 Å². The Morgan fingerprint density at radius 2 is 2.50 bits per heavy atom. The van der Waals surface area contributed by atoms with E-state index in [1.165, 1.54) is 18.9 Å². The Morgan fingerprint density at radius 1 is 1.80 bits per heavy atom. The molecule has 56 valence electrons. The smallest absolute Gasteiger partial charge is 0.377 e. The van der Waals surface area contributed by atoms with E-state index in [1.807, 2.05) is 6.26 Å². The molecule has 6 heteroatoms. The van der Waals surface area contributed by atoms with Gasteiger partial charge in [0.25, 0.3) is 0 Å². The van der Waals surface area contributed by atoms with Crippen molar-refractivity contribution in [1.82, 2.24) is 14.9 Å². The predicted octanol–water partition coefficient (Wildman–Crippen LogP) is -0.648. The van der Waals surface area contributed by atoms with Crippen molar-refractivity contribution in [3.8, 4) is 0 Å². The summed E-state index contributed by atoms with van der Waals surface area (Å²) in [6, 6.07) is 0. The number of hydrogen-bond donors (Lipinski definition) is 1. The van der Waals surface area contributed by atoms with Gasteiger partial charge in [-0.1, -0.05) is 11.8 Å². The molecule has 1 aromatic rings. The fourth-order valence-electron chi connectivity index (χ4n) is 0.563. The predicted molar refractivity (Wildman–Crippen MR) is 37.1 cm³/mol. The first-order chi connectivity index (χ1) is 4.79. The van der Waals surface area contributed by atoms with Gasteiger partial charge in [-0.25, -0.2) is 9.89 Å². The van der Waals surface area contributed by atoms with Crippen LogP contribution in [0.4, 0.5) is 0 Å². The van der Waals surface area contributed by atoms with Crippen LogP contribution in [0.15, 0.2) is 9.95 Å². The number of H-pyrrole nitrogens is 1. The molecule has 0 unspecified atom stereocenters. The average molecular weight is 161 g/mol. The number of nitrogens with one attached hydrogen (secondary N) is 1. The zero-order chi connectivity index (χ0) is 7.56. The van der Waals surface area contributed by atoms with E-state index in [2.05, 4.69) is 10.2 Å². The molecule has 0 fully saturated rings. The molecule has 5 nitrogen and oxygen atoms in total. The van der Waals surface area contributed by atoms with Crippen molar-refractivity contribution < 1.29 is 4.84 Å². The Hall–Kier alpha value is -0.910. The molecule has 0 radical (unpaired) electrons. The number of aromatic nitrogens is 3. The Morgan fingerprint density at radius 3 is 2.90 bits per heavy atom. The lowest BCUT2D eigenvalue weighted by molar-refractivity contribution is 0.135. The maximum atomic E-state index is 10.7. The van der Waals surface area contributed by atoms with Crippen molar-refractivity contribution in [3.05, 3.63) is 10.5 Å². The summed E-state index contributed by atoms with van der Waals surface area (Å²) in [6.07, 6.45) is 1.81. The minimum absolute atomic E-state index is 0.355. The number of hydrogen-bond acceptors (Lipinski definition) is 4. The fourth-order valence-corrected chi connectivity index (χ4v) is 1.02. The standard InChI is InChI=1S/C4H7N3O2S/c1-9-7-3(8)5-6-4(7)10-2/h1-2H3,(H,5,8). The summed E-state index contributed by atoms with van der Waals surface area (Å²) in [5, 5.41) is 6.44. The second kappa shape index (κ2) is 2.78. The van der Waals surface area contributed by atoms with Gasteiger partial charge in [-0.3, -0.25) is 0 Å². The van der Waals surface area contributed by atoms with Gasteiger partial charge in [-0.15, -0.1) is 9.83 Å². The molecule has 1 N–H and O–H groups in total. The lowest BCUT2D eigenvalue weighted by Crippen LogP contribution is -2.22. The van der Waals surface area contributed by atoms with E-state index in [0.717, 1.165) is 4.73 Å². The van der Waals surface area contributed by atoms with Crippen molar-refractivity contribution in [2.75, 3.05) is 13.4 Å². The summed E-state index contributed by atoms with van der Waals surface area (Å²) in [5.41, 5.74) is -0.355. The summed E-state index contributed by atoms with van der Waals surface area (Å²) < 4.78 is 1.09. The van der Waals surface area contributed by atoms with Gasteiger partial charge in [0.2, 0.25) is 5.16 Å². The molecular formula is C4H7N3O2S. The second-order valence-electron chi connectivity index (χ2n) is 1.49. The number of aromatic amines is 1. The van der Waals surface area contributed by atoms with Crippen LogP contribution in [0.1, 0.15) is 0 Å². The van der Waals surface area contributed by atoms with Gasteiger partial charge in [0.05, 0.1) is 0 Å². The summed E-state index contributed by atoms with van der Waals surface area (Å²) >= 11 is 1.34. The van der Waals surface area contributed by atoms with Crippen LogP contribution in [-0.4, -0.2) is 28.3 Å². The molecule has 0 aliphatic carbocycles. The molecule has 0 atom stereocenters. The quantitative estimate of drug-likeness (QED) is 0.586. The van der Waals surface area contributed by atoms with E-state index in [9.17, 15) is 4.79 Å². The van der Waals surface area contributed by atoms with Crippen LogP contribution in [-0.2, 0) is 0 Å². The Balaban J connectivity index is 3.13. The van der Waals surface area contributed by atoms with Crippen LogP contribution in [0.3, 0.4) is 0 Å². The fraction of sp³-hybridized carbons (Fsp3) is 0.500. The van der Waals surface area contributed by atoms with Crippen LogP contribution in [0, 0.1) is 0 Å². The summed E-state index contributed by atoms with van der Waals surface area (Å²) in [4.78, 5) is 15.4. The second-order valence-corrected chi connectivity index (χ2v) is 2.27. The Labute approximate surface area is 61.3 Å². The lowest BCUT2D eigenvalue weighted by Gasteiger charge is -1.97. The van der Waals surface area contributed by atoms with Crippen molar-refractivity contribution in [1.29, 1.82) is 0 Å². The van der Waals surface area contributed by atoms with E-state index in [-0.39, 0.29) is 5.69 Å². The SMILES string of the molecule is COn1c(SC)n[nH]c1=O. The molecule has 0 spiro atoms. The molecule has 0 bridgehead atoms. The molecule has 0 aromatic carbocycles. The molecule has 0 amide bonds. The van der Waals surface area contributed by atoms with Crippen LogP contribution in [0.2, 0.25) is 0 Å². The minimum atomic E-state index is -0.355. The zero-order valence-corrected chi connectivity index (χ0v) is 6.44. The number of rotatable bonds is 2. The highest BCUT2D eigenvalue weighted by molar-refractivity contribution is 7.98. The summed E-state index contributed by atoms with van der Waals surface area (Å²) in [5.74, 6) is 0. The normalized spacial score (nSPS) is 9.80. The van der Waals surface area contributed by atoms with Crippen molar-refractivity contribution >= 4 is 11.8 Å². The molecule has 0 saturated carbocycles. The third-order valence-corrected chi connectivity index (χ3v) is 1.59. The first-order valence-electron chi connectivity index (χ1n) is 2.55. The minimum Gasteiger partial charge on any atom is -0.410 e. The molecule has 10 heavy (non-hydrogen) atoms. The van der Waals surface area contributed by atoms with E-state index in [0.29, 0.717) is 5.16 Å². The average Bonchev–Trinajstić information content (AvgIpc) is 2.30. The van der Waals surface area contributed by atoms with E-state index >= 15 is 0 Å². The summed E-state index contributed by atoms with van der Waals surface area (Å²) in [7, 11) is 1.41. The van der Waals surface area contributed by atoms with Crippen molar-refractivity contribution in [2.24, 2.45) is 0 Å². The first-order valence-corrected chi connectivity index (χ1v) is 3.78. The highest BCUT2D eigenvalue weighted by Crippen LogP contribution is 2.04. The lowest BCUT2D eigenvalue weighted by atomic mass is 11.2. The van der Waals surface area contributed by atoms with Gasteiger partial charge >= 0.3 is 5.69 Å². The molecule has 0 aliphatic heterocycles. The van der Waals surface area contributed by atoms with Gasteiger partial charge in [0, 0.05) is 0 Å². The van der Waals surface area contributed by atoms with Gasteiger partial charge in [-0.05, 0) is 6.26 Å². The molecular weight excluding hydrogens is 154 g/mol. The van der Waals surface area contributed by atoms with Crippen LogP contribution < -0.4 is 10.5 Å². The van der Waals surface area contributed by atoms with Gasteiger partial charge in [0.15, 0.2) is 0 Å². The van der Waals surface area contributed by atoms with Crippen LogP contribution in [0.5, 0.6) is 0 Å². The molecule has 0 aliphatic rings. The molecule has 1 rings (SSSR count). The van der Waals surface area contributed by atoms with Gasteiger partial charge in [-0.2, -0.15) is 0 Å². The number of nitrogens with zero attached hydrogens (tertiary/aromatic N) is 2. The summed E-state index contributed by atoms with van der Waals surface area (Å²) in [6.45, 7) is 0. The maximum absolute atomic E-state index is 10.7. The molecule has 0 saturated heterocycles. The van der Waals surface area contributed by atoms with E-state index in [4.69, 9.17) is 4.84 Å². The monoisotopic (exact) mass is 161 g/mol. The molecule has 1 heterocycles. The topological polar surface area (TPSA) is 59.9 Å². The van der Waals surface area contributed by atoms with Crippen molar-refractivity contribution in [3.63, 3.8) is 0 Å².